The van der Waals surface area contributed by atoms with Gasteiger partial charge in [-0.3, -0.25) is 9.52 Å². The van der Waals surface area contributed by atoms with E-state index in [1.54, 1.807) is 12.1 Å². The van der Waals surface area contributed by atoms with E-state index >= 15 is 0 Å². The van der Waals surface area contributed by atoms with Crippen LogP contribution in [0.3, 0.4) is 0 Å². The van der Waals surface area contributed by atoms with Gasteiger partial charge in [0.15, 0.2) is 0 Å². The van der Waals surface area contributed by atoms with Gasteiger partial charge in [0.25, 0.3) is 10.0 Å². The maximum Gasteiger partial charge on any atom is 0.330 e. The summed E-state index contributed by atoms with van der Waals surface area (Å²) in [5, 5.41) is 3.46. The second-order valence-electron chi connectivity index (χ2n) is 6.66. The number of ether oxygens (including phenoxy) is 5. The lowest BCUT2D eigenvalue weighted by molar-refractivity contribution is -0.135. The summed E-state index contributed by atoms with van der Waals surface area (Å²) >= 11 is 0. The number of hydrogen-bond donors (Lipinski definition) is 2. The summed E-state index contributed by atoms with van der Waals surface area (Å²) in [6.07, 6.45) is 3.24. The Morgan fingerprint density at radius 3 is 2.00 bits per heavy atom. The molecule has 12 heteroatoms. The minimum atomic E-state index is -3.99. The Bertz CT molecular complexity index is 1210. The largest absolute Gasteiger partial charge is 0.496 e. The van der Waals surface area contributed by atoms with Crippen LogP contribution in [0.5, 0.6) is 23.0 Å². The average Bonchev–Trinajstić information content (AvgIpc) is 2.85. The quantitative estimate of drug-likeness (QED) is 0.348. The van der Waals surface area contributed by atoms with Crippen molar-refractivity contribution >= 4 is 39.4 Å². The van der Waals surface area contributed by atoms with Gasteiger partial charge in [-0.25, -0.2) is 13.2 Å². The Labute approximate surface area is 203 Å². The molecule has 0 bridgehead atoms. The molecule has 0 atom stereocenters. The third-order valence-corrected chi connectivity index (χ3v) is 5.47. The molecule has 35 heavy (non-hydrogen) atoms. The molecule has 0 spiro atoms. The summed E-state index contributed by atoms with van der Waals surface area (Å²) < 4.78 is 53.3. The molecule has 0 aliphatic rings. The number of hydrogen-bond acceptors (Lipinski definition) is 9. The molecule has 2 aromatic rings. The molecular weight excluding hydrogens is 480 g/mol. The number of esters is 1. The molecule has 2 rings (SSSR count). The van der Waals surface area contributed by atoms with Crippen molar-refractivity contribution in [3.8, 4) is 23.0 Å². The van der Waals surface area contributed by atoms with Gasteiger partial charge in [-0.05, 0) is 24.3 Å². The third kappa shape index (κ3) is 7.67. The lowest BCUT2D eigenvalue weighted by atomic mass is 10.1. The molecular formula is C23H26N2O9S. The SMILES string of the molecule is COC(=O)/C=C\C(=O)Nc1cc(NS(=O)(=O)/C=C/c2c(OC)cc(OC)cc2OC)ccc1OC. The van der Waals surface area contributed by atoms with Gasteiger partial charge in [0.2, 0.25) is 5.91 Å². The zero-order chi connectivity index (χ0) is 26.0. The maximum atomic E-state index is 12.7. The molecule has 0 saturated carbocycles. The van der Waals surface area contributed by atoms with Crippen LogP contribution < -0.4 is 29.0 Å². The highest BCUT2D eigenvalue weighted by Gasteiger charge is 2.14. The van der Waals surface area contributed by atoms with Gasteiger partial charge in [0, 0.05) is 24.3 Å². The molecule has 0 heterocycles. The zero-order valence-electron chi connectivity index (χ0n) is 19.8. The van der Waals surface area contributed by atoms with Crippen LogP contribution in [0, 0.1) is 0 Å². The second kappa shape index (κ2) is 12.3. The van der Waals surface area contributed by atoms with Gasteiger partial charge in [-0.1, -0.05) is 0 Å². The highest BCUT2D eigenvalue weighted by Crippen LogP contribution is 2.35. The first-order valence-electron chi connectivity index (χ1n) is 9.92. The first kappa shape index (κ1) is 27.1. The third-order valence-electron chi connectivity index (χ3n) is 4.46. The second-order valence-corrected chi connectivity index (χ2v) is 8.22. The molecule has 11 nitrogen and oxygen atoms in total. The predicted molar refractivity (Wildman–Crippen MR) is 130 cm³/mol. The molecule has 0 fully saturated rings. The van der Waals surface area contributed by atoms with E-state index in [9.17, 15) is 18.0 Å². The van der Waals surface area contributed by atoms with Gasteiger partial charge in [-0.2, -0.15) is 0 Å². The number of rotatable bonds is 11. The van der Waals surface area contributed by atoms with Crippen molar-refractivity contribution < 1.29 is 41.7 Å². The molecule has 0 aromatic heterocycles. The number of sulfonamides is 1. The summed E-state index contributed by atoms with van der Waals surface area (Å²) in [7, 11) is 2.93. The van der Waals surface area contributed by atoms with Gasteiger partial charge >= 0.3 is 5.97 Å². The van der Waals surface area contributed by atoms with Crippen molar-refractivity contribution in [2.24, 2.45) is 0 Å². The molecule has 0 aliphatic heterocycles. The van der Waals surface area contributed by atoms with Crippen molar-refractivity contribution in [2.45, 2.75) is 0 Å². The van der Waals surface area contributed by atoms with Crippen LogP contribution in [-0.4, -0.2) is 55.8 Å². The summed E-state index contributed by atoms with van der Waals surface area (Å²) in [5.41, 5.74) is 0.715. The standard InChI is InChI=1S/C23H26N2O9S/c1-30-16-13-20(32-3)17(21(14-16)33-4)10-11-35(28,29)25-15-6-7-19(31-2)18(12-15)24-22(26)8-9-23(27)34-5/h6-14,25H,1-5H3,(H,24,26)/b9-8-,11-10+. The summed E-state index contributed by atoms with van der Waals surface area (Å²) in [4.78, 5) is 23.2. The van der Waals surface area contributed by atoms with Crippen LogP contribution in [0.1, 0.15) is 5.56 Å². The first-order valence-corrected chi connectivity index (χ1v) is 11.5. The van der Waals surface area contributed by atoms with Crippen molar-refractivity contribution in [1.82, 2.24) is 0 Å². The van der Waals surface area contributed by atoms with Gasteiger partial charge in [-0.15, -0.1) is 0 Å². The fourth-order valence-electron chi connectivity index (χ4n) is 2.81. The number of amides is 1. The normalized spacial score (nSPS) is 11.2. The number of carbonyl (C=O) groups is 2. The van der Waals surface area contributed by atoms with Crippen LogP contribution in [0.2, 0.25) is 0 Å². The monoisotopic (exact) mass is 506 g/mol. The van der Waals surface area contributed by atoms with E-state index in [2.05, 4.69) is 14.8 Å². The van der Waals surface area contributed by atoms with Crippen LogP contribution in [0.4, 0.5) is 11.4 Å². The molecule has 2 aromatic carbocycles. The van der Waals surface area contributed by atoms with Crippen LogP contribution in [0.15, 0.2) is 47.9 Å². The minimum Gasteiger partial charge on any atom is -0.496 e. The van der Waals surface area contributed by atoms with Crippen molar-refractivity contribution in [1.29, 1.82) is 0 Å². The smallest absolute Gasteiger partial charge is 0.330 e. The van der Waals surface area contributed by atoms with E-state index in [-0.39, 0.29) is 17.1 Å². The molecule has 0 radical (unpaired) electrons. The Balaban J connectivity index is 2.29. The van der Waals surface area contributed by atoms with Crippen molar-refractivity contribution in [2.75, 3.05) is 45.6 Å². The highest BCUT2D eigenvalue weighted by molar-refractivity contribution is 7.95. The van der Waals surface area contributed by atoms with Gasteiger partial charge in [0.05, 0.1) is 57.9 Å². The van der Waals surface area contributed by atoms with E-state index in [1.165, 1.54) is 59.8 Å². The van der Waals surface area contributed by atoms with Crippen molar-refractivity contribution in [3.63, 3.8) is 0 Å². The number of nitrogens with one attached hydrogen (secondary N) is 2. The highest BCUT2D eigenvalue weighted by atomic mass is 32.2. The molecule has 188 valence electrons. The van der Waals surface area contributed by atoms with Gasteiger partial charge in [0.1, 0.15) is 23.0 Å². The topological polar surface area (TPSA) is 138 Å². The van der Waals surface area contributed by atoms with Crippen molar-refractivity contribution in [3.05, 3.63) is 53.5 Å². The van der Waals surface area contributed by atoms with E-state index in [1.807, 2.05) is 0 Å². The summed E-state index contributed by atoms with van der Waals surface area (Å²) in [6, 6.07) is 7.47. The Hall–Kier alpha value is -4.19. The summed E-state index contributed by atoms with van der Waals surface area (Å²) in [5.74, 6) is 0.101. The Kier molecular flexibility index (Phi) is 9.53. The number of anilines is 2. The van der Waals surface area contributed by atoms with Crippen LogP contribution in [-0.2, 0) is 24.3 Å². The van der Waals surface area contributed by atoms with E-state index in [0.717, 1.165) is 17.6 Å². The molecule has 1 amide bonds. The zero-order valence-corrected chi connectivity index (χ0v) is 20.6. The lowest BCUT2D eigenvalue weighted by Gasteiger charge is -2.13. The molecule has 0 saturated heterocycles. The average molecular weight is 507 g/mol. The molecule has 2 N–H and O–H groups in total. The lowest BCUT2D eigenvalue weighted by Crippen LogP contribution is -2.12. The molecule has 0 unspecified atom stereocenters. The number of benzene rings is 2. The fraction of sp³-hybridized carbons (Fsp3) is 0.217. The van der Waals surface area contributed by atoms with Crippen LogP contribution in [0.25, 0.3) is 6.08 Å². The van der Waals surface area contributed by atoms with Gasteiger partial charge < -0.3 is 29.0 Å². The Morgan fingerprint density at radius 2 is 1.46 bits per heavy atom. The van der Waals surface area contributed by atoms with E-state index < -0.39 is 21.9 Å². The minimum absolute atomic E-state index is 0.149. The number of methoxy groups -OCH3 is 5. The van der Waals surface area contributed by atoms with Crippen LogP contribution >= 0.6 is 0 Å². The predicted octanol–water partition coefficient (Wildman–Crippen LogP) is 2.80. The molecule has 0 aliphatic carbocycles. The first-order chi connectivity index (χ1) is 16.7. The number of carbonyl (C=O) groups excluding carboxylic acids is 2. The van der Waals surface area contributed by atoms with E-state index in [4.69, 9.17) is 18.9 Å². The summed E-state index contributed by atoms with van der Waals surface area (Å²) in [6.45, 7) is 0. The maximum absolute atomic E-state index is 12.7. The fourth-order valence-corrected chi connectivity index (χ4v) is 3.65. The van der Waals surface area contributed by atoms with E-state index in [0.29, 0.717) is 22.8 Å². The Morgan fingerprint density at radius 1 is 0.829 bits per heavy atom.